The molecule has 0 N–H and O–H groups in total. The molecule has 26 heavy (non-hydrogen) atoms. The Bertz CT molecular complexity index is 867. The number of benzene rings is 1. The van der Waals surface area contributed by atoms with Gasteiger partial charge in [0.2, 0.25) is 0 Å². The third-order valence-electron chi connectivity index (χ3n) is 5.26. The van der Waals surface area contributed by atoms with Crippen LogP contribution in [0.1, 0.15) is 41.3 Å². The van der Waals surface area contributed by atoms with Crippen LogP contribution in [0.3, 0.4) is 0 Å². The van der Waals surface area contributed by atoms with Crippen molar-refractivity contribution < 1.29 is 4.52 Å². The Labute approximate surface area is 154 Å². The summed E-state index contributed by atoms with van der Waals surface area (Å²) in [6.07, 6.45) is 3.86. The Morgan fingerprint density at radius 2 is 1.92 bits per heavy atom. The zero-order valence-electron chi connectivity index (χ0n) is 15.4. The van der Waals surface area contributed by atoms with Crippen LogP contribution in [-0.2, 0) is 6.54 Å². The molecule has 4 rings (SSSR count). The molecule has 1 fully saturated rings. The minimum atomic E-state index is 0.368. The Morgan fingerprint density at radius 1 is 1.08 bits per heavy atom. The van der Waals surface area contributed by atoms with E-state index in [1.54, 1.807) is 6.20 Å². The predicted octanol–water partition coefficient (Wildman–Crippen LogP) is 4.13. The third kappa shape index (κ3) is 3.68. The van der Waals surface area contributed by atoms with Gasteiger partial charge >= 0.3 is 0 Å². The van der Waals surface area contributed by atoms with Gasteiger partial charge in [-0.25, -0.2) is 0 Å². The fourth-order valence-electron chi connectivity index (χ4n) is 3.50. The number of piperidine rings is 1. The molecular formula is C21H24N4O. The minimum absolute atomic E-state index is 0.368. The summed E-state index contributed by atoms with van der Waals surface area (Å²) in [4.78, 5) is 11.4. The molecule has 1 aromatic carbocycles. The van der Waals surface area contributed by atoms with Crippen molar-refractivity contribution in [2.75, 3.05) is 13.1 Å². The Morgan fingerprint density at radius 3 is 2.65 bits per heavy atom. The van der Waals surface area contributed by atoms with E-state index in [0.717, 1.165) is 44.0 Å². The second-order valence-corrected chi connectivity index (χ2v) is 7.14. The highest BCUT2D eigenvalue weighted by Gasteiger charge is 2.25. The first kappa shape index (κ1) is 16.9. The lowest BCUT2D eigenvalue weighted by atomic mass is 9.95. The minimum Gasteiger partial charge on any atom is -0.332 e. The molecule has 0 aliphatic carbocycles. The first-order chi connectivity index (χ1) is 12.7. The summed E-state index contributed by atoms with van der Waals surface area (Å²) in [6.45, 7) is 7.48. The van der Waals surface area contributed by atoms with E-state index in [4.69, 9.17) is 4.52 Å². The van der Waals surface area contributed by atoms with Crippen LogP contribution < -0.4 is 0 Å². The lowest BCUT2D eigenvalue weighted by Gasteiger charge is -2.30. The van der Waals surface area contributed by atoms with E-state index in [0.29, 0.717) is 11.8 Å². The van der Waals surface area contributed by atoms with Gasteiger partial charge in [0.1, 0.15) is 5.69 Å². The first-order valence-corrected chi connectivity index (χ1v) is 9.22. The average molecular weight is 348 g/mol. The van der Waals surface area contributed by atoms with Gasteiger partial charge in [-0.15, -0.1) is 0 Å². The van der Waals surface area contributed by atoms with Crippen LogP contribution in [0.4, 0.5) is 0 Å². The maximum absolute atomic E-state index is 5.41. The van der Waals surface area contributed by atoms with E-state index in [1.165, 1.54) is 16.7 Å². The highest BCUT2D eigenvalue weighted by atomic mass is 16.5. The summed E-state index contributed by atoms with van der Waals surface area (Å²) in [5.74, 6) is 1.70. The van der Waals surface area contributed by atoms with Crippen molar-refractivity contribution in [3.8, 4) is 11.6 Å². The highest BCUT2D eigenvalue weighted by molar-refractivity contribution is 5.45. The molecule has 1 saturated heterocycles. The summed E-state index contributed by atoms with van der Waals surface area (Å²) >= 11 is 0. The predicted molar refractivity (Wildman–Crippen MR) is 101 cm³/mol. The number of rotatable bonds is 4. The number of likely N-dealkylation sites (tertiary alicyclic amines) is 1. The maximum atomic E-state index is 5.41. The van der Waals surface area contributed by atoms with E-state index in [2.05, 4.69) is 52.1 Å². The van der Waals surface area contributed by atoms with Gasteiger partial charge in [-0.05, 0) is 68.6 Å². The Hall–Kier alpha value is -2.53. The molecule has 1 aliphatic rings. The van der Waals surface area contributed by atoms with E-state index in [-0.39, 0.29) is 0 Å². The second-order valence-electron chi connectivity index (χ2n) is 7.14. The first-order valence-electron chi connectivity index (χ1n) is 9.22. The summed E-state index contributed by atoms with van der Waals surface area (Å²) in [7, 11) is 0. The largest absolute Gasteiger partial charge is 0.332 e. The standard InChI is InChI=1S/C21H24N4O/c1-15-6-7-17(13-16(15)2)14-25-11-8-18(9-12-25)20-23-21(26-24-20)19-5-3-4-10-22-19/h3-7,10,13,18H,8-9,11-12,14H2,1-2H3. The summed E-state index contributed by atoms with van der Waals surface area (Å²) in [6, 6.07) is 12.5. The zero-order valence-corrected chi connectivity index (χ0v) is 15.4. The molecule has 0 spiro atoms. The summed E-state index contributed by atoms with van der Waals surface area (Å²) < 4.78 is 5.41. The van der Waals surface area contributed by atoms with Gasteiger partial charge in [0.25, 0.3) is 5.89 Å². The van der Waals surface area contributed by atoms with Gasteiger partial charge in [0, 0.05) is 18.7 Å². The van der Waals surface area contributed by atoms with Crippen molar-refractivity contribution >= 4 is 0 Å². The molecule has 0 amide bonds. The topological polar surface area (TPSA) is 55.1 Å². The van der Waals surface area contributed by atoms with Crippen LogP contribution in [0, 0.1) is 13.8 Å². The van der Waals surface area contributed by atoms with Gasteiger partial charge in [-0.1, -0.05) is 29.4 Å². The number of nitrogens with zero attached hydrogens (tertiary/aromatic N) is 4. The van der Waals surface area contributed by atoms with Crippen LogP contribution in [0.15, 0.2) is 47.1 Å². The van der Waals surface area contributed by atoms with Crippen LogP contribution in [0.5, 0.6) is 0 Å². The number of aryl methyl sites for hydroxylation is 2. The van der Waals surface area contributed by atoms with Crippen LogP contribution in [0.25, 0.3) is 11.6 Å². The smallest absolute Gasteiger partial charge is 0.276 e. The molecular weight excluding hydrogens is 324 g/mol. The lowest BCUT2D eigenvalue weighted by molar-refractivity contribution is 0.200. The maximum Gasteiger partial charge on any atom is 0.276 e. The lowest BCUT2D eigenvalue weighted by Crippen LogP contribution is -2.32. The molecule has 0 radical (unpaired) electrons. The third-order valence-corrected chi connectivity index (χ3v) is 5.26. The van der Waals surface area contributed by atoms with Crippen LogP contribution >= 0.6 is 0 Å². The molecule has 1 aliphatic heterocycles. The second kappa shape index (κ2) is 7.38. The van der Waals surface area contributed by atoms with Crippen molar-refractivity contribution in [3.63, 3.8) is 0 Å². The van der Waals surface area contributed by atoms with Crippen molar-refractivity contribution in [2.24, 2.45) is 0 Å². The number of aromatic nitrogens is 3. The number of hydrogen-bond acceptors (Lipinski definition) is 5. The number of pyridine rings is 1. The fourth-order valence-corrected chi connectivity index (χ4v) is 3.50. The fraction of sp³-hybridized carbons (Fsp3) is 0.381. The van der Waals surface area contributed by atoms with Crippen molar-refractivity contribution in [2.45, 2.75) is 39.2 Å². The molecule has 0 bridgehead atoms. The van der Waals surface area contributed by atoms with Crippen LogP contribution in [-0.4, -0.2) is 33.1 Å². The molecule has 5 heteroatoms. The monoisotopic (exact) mass is 348 g/mol. The molecule has 0 saturated carbocycles. The summed E-state index contributed by atoms with van der Waals surface area (Å²) in [5, 5.41) is 4.20. The molecule has 0 unspecified atom stereocenters. The molecule has 3 aromatic rings. The molecule has 5 nitrogen and oxygen atoms in total. The van der Waals surface area contributed by atoms with E-state index < -0.39 is 0 Å². The Balaban J connectivity index is 1.36. The van der Waals surface area contributed by atoms with E-state index >= 15 is 0 Å². The SMILES string of the molecule is Cc1ccc(CN2CCC(c3noc(-c4ccccn4)n3)CC2)cc1C. The van der Waals surface area contributed by atoms with Crippen molar-refractivity contribution in [1.82, 2.24) is 20.0 Å². The van der Waals surface area contributed by atoms with Gasteiger partial charge in [-0.2, -0.15) is 4.98 Å². The van der Waals surface area contributed by atoms with Crippen molar-refractivity contribution in [3.05, 3.63) is 65.1 Å². The highest BCUT2D eigenvalue weighted by Crippen LogP contribution is 2.28. The van der Waals surface area contributed by atoms with Gasteiger partial charge in [0.15, 0.2) is 5.82 Å². The quantitative estimate of drug-likeness (QED) is 0.709. The Kier molecular flexibility index (Phi) is 4.80. The van der Waals surface area contributed by atoms with Gasteiger partial charge in [-0.3, -0.25) is 9.88 Å². The van der Waals surface area contributed by atoms with E-state index in [1.807, 2.05) is 18.2 Å². The summed E-state index contributed by atoms with van der Waals surface area (Å²) in [5.41, 5.74) is 4.85. The zero-order chi connectivity index (χ0) is 17.9. The average Bonchev–Trinajstić information content (AvgIpc) is 3.16. The van der Waals surface area contributed by atoms with Crippen LogP contribution in [0.2, 0.25) is 0 Å². The normalized spacial score (nSPS) is 16.1. The molecule has 0 atom stereocenters. The van der Waals surface area contributed by atoms with E-state index in [9.17, 15) is 0 Å². The van der Waals surface area contributed by atoms with Crippen molar-refractivity contribution in [1.29, 1.82) is 0 Å². The number of hydrogen-bond donors (Lipinski definition) is 0. The van der Waals surface area contributed by atoms with Gasteiger partial charge in [0.05, 0.1) is 0 Å². The molecule has 3 heterocycles. The van der Waals surface area contributed by atoms with Gasteiger partial charge < -0.3 is 4.52 Å². The molecule has 2 aromatic heterocycles. The molecule has 134 valence electrons.